The second-order valence-corrected chi connectivity index (χ2v) is 15.5. The van der Waals surface area contributed by atoms with Crippen LogP contribution in [0.4, 0.5) is 0 Å². The standard InChI is InChI=1S/C48H28N2S/c1-5-16-41-31(10-1)37-22-28(23-38-32-11-2-6-17-42(32)49(41)46(37)38)27-20-21-35-36-15-9-14-30(48(36)51-45(35)26-27)29-24-39-33-12-3-7-18-43(33)50-44-19-8-4-13-34(44)40(25-29)47(39)50/h1-10,12-26,32H,11H2. The van der Waals surface area contributed by atoms with Gasteiger partial charge in [0.2, 0.25) is 0 Å². The van der Waals surface area contributed by atoms with Gasteiger partial charge in [0.15, 0.2) is 0 Å². The third kappa shape index (κ3) is 3.29. The first-order valence-electron chi connectivity index (χ1n) is 17.9. The first kappa shape index (κ1) is 26.7. The normalized spacial score (nSPS) is 15.6. The largest absolute Gasteiger partial charge is 0.312 e. The molecule has 51 heavy (non-hydrogen) atoms. The third-order valence-electron chi connectivity index (χ3n) is 11.9. The molecule has 1 aliphatic heterocycles. The lowest BCUT2D eigenvalue weighted by molar-refractivity contribution is 0.873. The minimum absolute atomic E-state index is 0.409. The van der Waals surface area contributed by atoms with Gasteiger partial charge in [0.05, 0.1) is 27.6 Å². The molecule has 5 heterocycles. The Kier molecular flexibility index (Phi) is 4.88. The Morgan fingerprint density at radius 1 is 0.510 bits per heavy atom. The fourth-order valence-electron chi connectivity index (χ4n) is 9.77. The van der Waals surface area contributed by atoms with Crippen molar-refractivity contribution in [3.63, 3.8) is 0 Å². The molecular weight excluding hydrogens is 637 g/mol. The third-order valence-corrected chi connectivity index (χ3v) is 13.1. The molecule has 11 aromatic rings. The molecule has 0 saturated heterocycles. The lowest BCUT2D eigenvalue weighted by atomic mass is 9.88. The van der Waals surface area contributed by atoms with E-state index in [9.17, 15) is 0 Å². The number of rotatable bonds is 2. The van der Waals surface area contributed by atoms with Gasteiger partial charge in [0.25, 0.3) is 0 Å². The summed E-state index contributed by atoms with van der Waals surface area (Å²) in [6.07, 6.45) is 7.93. The van der Waals surface area contributed by atoms with Crippen LogP contribution in [-0.4, -0.2) is 8.97 Å². The smallest absolute Gasteiger partial charge is 0.0620 e. The number of hydrogen-bond acceptors (Lipinski definition) is 1. The van der Waals surface area contributed by atoms with Crippen molar-refractivity contribution >= 4 is 97.1 Å². The number of para-hydroxylation sites is 3. The van der Waals surface area contributed by atoms with Crippen LogP contribution in [0.25, 0.3) is 108 Å². The van der Waals surface area contributed by atoms with Gasteiger partial charge in [-0.2, -0.15) is 0 Å². The summed E-state index contributed by atoms with van der Waals surface area (Å²) in [6, 6.07) is 50.5. The van der Waals surface area contributed by atoms with Crippen molar-refractivity contribution in [2.24, 2.45) is 0 Å². The number of thiophene rings is 1. The summed E-state index contributed by atoms with van der Waals surface area (Å²) in [5.74, 6) is 0.409. The molecule has 1 aliphatic carbocycles. The maximum atomic E-state index is 2.52. The molecule has 1 atom stereocenters. The summed E-state index contributed by atoms with van der Waals surface area (Å²) in [5.41, 5.74) is 14.6. The molecule has 7 aromatic carbocycles. The Morgan fingerprint density at radius 2 is 1.18 bits per heavy atom. The lowest BCUT2D eigenvalue weighted by Crippen LogP contribution is -2.01. The monoisotopic (exact) mass is 664 g/mol. The van der Waals surface area contributed by atoms with Crippen molar-refractivity contribution in [1.82, 2.24) is 8.97 Å². The van der Waals surface area contributed by atoms with Gasteiger partial charge in [0.1, 0.15) is 0 Å². The van der Waals surface area contributed by atoms with Crippen LogP contribution in [0, 0.1) is 0 Å². The van der Waals surface area contributed by atoms with E-state index in [-0.39, 0.29) is 0 Å². The molecule has 0 radical (unpaired) electrons. The van der Waals surface area contributed by atoms with Crippen LogP contribution in [0.1, 0.15) is 17.9 Å². The maximum absolute atomic E-state index is 2.52. The van der Waals surface area contributed by atoms with Gasteiger partial charge in [-0.15, -0.1) is 11.3 Å². The number of allylic oxidation sites excluding steroid dienone is 4. The summed E-state index contributed by atoms with van der Waals surface area (Å²) < 4.78 is 7.67. The van der Waals surface area contributed by atoms with Gasteiger partial charge in [-0.05, 0) is 88.8 Å². The molecule has 2 aliphatic rings. The molecule has 0 bridgehead atoms. The molecule has 0 spiro atoms. The van der Waals surface area contributed by atoms with E-state index in [4.69, 9.17) is 0 Å². The first-order valence-corrected chi connectivity index (χ1v) is 18.7. The average molecular weight is 665 g/mol. The van der Waals surface area contributed by atoms with E-state index >= 15 is 0 Å². The van der Waals surface area contributed by atoms with Gasteiger partial charge >= 0.3 is 0 Å². The van der Waals surface area contributed by atoms with E-state index < -0.39 is 0 Å². The highest BCUT2D eigenvalue weighted by molar-refractivity contribution is 7.26. The van der Waals surface area contributed by atoms with Crippen LogP contribution in [0.5, 0.6) is 0 Å². The van der Waals surface area contributed by atoms with Gasteiger partial charge < -0.3 is 8.97 Å². The summed E-state index contributed by atoms with van der Waals surface area (Å²) in [7, 11) is 0. The number of benzene rings is 7. The lowest BCUT2D eigenvalue weighted by Gasteiger charge is -2.17. The predicted octanol–water partition coefficient (Wildman–Crippen LogP) is 13.5. The number of hydrogen-bond donors (Lipinski definition) is 0. The molecule has 0 fully saturated rings. The molecule has 0 amide bonds. The van der Waals surface area contributed by atoms with Crippen LogP contribution >= 0.6 is 11.3 Å². The zero-order valence-corrected chi connectivity index (χ0v) is 28.3. The van der Waals surface area contributed by atoms with Gasteiger partial charge in [-0.25, -0.2) is 0 Å². The highest BCUT2D eigenvalue weighted by atomic mass is 32.1. The van der Waals surface area contributed by atoms with Crippen molar-refractivity contribution < 1.29 is 0 Å². The molecule has 236 valence electrons. The fraction of sp³-hybridized carbons (Fsp3) is 0.0417. The quantitative estimate of drug-likeness (QED) is 0.174. The summed E-state index contributed by atoms with van der Waals surface area (Å²) in [5, 5.41) is 10.6. The zero-order chi connectivity index (χ0) is 32.9. The van der Waals surface area contributed by atoms with Gasteiger partial charge in [-0.1, -0.05) is 97.1 Å². The number of aromatic nitrogens is 2. The molecule has 4 aromatic heterocycles. The second-order valence-electron chi connectivity index (χ2n) is 14.4. The van der Waals surface area contributed by atoms with Gasteiger partial charge in [0, 0.05) is 64.1 Å². The van der Waals surface area contributed by atoms with Crippen LogP contribution in [0.2, 0.25) is 0 Å². The number of nitrogens with zero attached hydrogens (tertiary/aromatic N) is 2. The minimum Gasteiger partial charge on any atom is -0.312 e. The SMILES string of the molecule is C1=CCC2C(=C1)n1c3ccccc3c3cc(-c4ccc5c(c4)sc4c(-c6cc7c8ccccc8n8c9ccccc9c(c6)c78)cccc45)cc2c31. The summed E-state index contributed by atoms with van der Waals surface area (Å²) in [6.45, 7) is 0. The van der Waals surface area contributed by atoms with Crippen LogP contribution in [0.15, 0.2) is 152 Å². The fourth-order valence-corrected chi connectivity index (χ4v) is 11.1. The van der Waals surface area contributed by atoms with Crippen molar-refractivity contribution in [2.75, 3.05) is 0 Å². The molecule has 3 heteroatoms. The van der Waals surface area contributed by atoms with E-state index in [1.165, 1.54) is 114 Å². The van der Waals surface area contributed by atoms with Gasteiger partial charge in [-0.3, -0.25) is 0 Å². The van der Waals surface area contributed by atoms with Crippen molar-refractivity contribution in [3.05, 3.63) is 157 Å². The van der Waals surface area contributed by atoms with E-state index in [1.54, 1.807) is 0 Å². The molecular formula is C48H28N2S. The Hall–Kier alpha value is -6.16. The maximum Gasteiger partial charge on any atom is 0.0620 e. The average Bonchev–Trinajstić information content (AvgIpc) is 3.98. The molecule has 1 unspecified atom stereocenters. The van der Waals surface area contributed by atoms with Crippen LogP contribution in [0.3, 0.4) is 0 Å². The van der Waals surface area contributed by atoms with Crippen molar-refractivity contribution in [2.45, 2.75) is 12.3 Å². The summed E-state index contributed by atoms with van der Waals surface area (Å²) in [4.78, 5) is 0. The highest BCUT2D eigenvalue weighted by Gasteiger charge is 2.32. The Balaban J connectivity index is 1.03. The van der Waals surface area contributed by atoms with Crippen molar-refractivity contribution in [1.29, 1.82) is 0 Å². The second kappa shape index (κ2) is 9.33. The van der Waals surface area contributed by atoms with E-state index in [2.05, 4.69) is 161 Å². The Morgan fingerprint density at radius 3 is 1.96 bits per heavy atom. The van der Waals surface area contributed by atoms with Crippen molar-refractivity contribution in [3.8, 4) is 22.3 Å². The predicted molar refractivity (Wildman–Crippen MR) is 219 cm³/mol. The molecule has 13 rings (SSSR count). The molecule has 0 N–H and O–H groups in total. The topological polar surface area (TPSA) is 9.34 Å². The Labute approximate surface area is 296 Å². The highest BCUT2D eigenvalue weighted by Crippen LogP contribution is 2.51. The van der Waals surface area contributed by atoms with E-state index in [0.29, 0.717) is 5.92 Å². The minimum atomic E-state index is 0.409. The zero-order valence-electron chi connectivity index (χ0n) is 27.5. The Bertz CT molecular complexity index is 3310. The van der Waals surface area contributed by atoms with Crippen LogP contribution in [-0.2, 0) is 0 Å². The number of fused-ring (bicyclic) bond motifs is 15. The summed E-state index contributed by atoms with van der Waals surface area (Å²) >= 11 is 1.93. The molecule has 2 nitrogen and oxygen atoms in total. The molecule has 0 saturated carbocycles. The van der Waals surface area contributed by atoms with E-state index in [0.717, 1.165) is 6.42 Å². The van der Waals surface area contributed by atoms with Crippen LogP contribution < -0.4 is 0 Å². The van der Waals surface area contributed by atoms with E-state index in [1.807, 2.05) is 11.3 Å². The first-order chi connectivity index (χ1) is 25.3.